The lowest BCUT2D eigenvalue weighted by atomic mass is 9.97. The van der Waals surface area contributed by atoms with Gasteiger partial charge in [-0.05, 0) is 32.1 Å². The van der Waals surface area contributed by atoms with Crippen LogP contribution in [-0.4, -0.2) is 53.2 Å². The number of imide groups is 2. The summed E-state index contributed by atoms with van der Waals surface area (Å²) in [7, 11) is 0. The molecule has 0 atom stereocenters. The van der Waals surface area contributed by atoms with Crippen molar-refractivity contribution in [2.45, 2.75) is 32.1 Å². The summed E-state index contributed by atoms with van der Waals surface area (Å²) in [6, 6.07) is -0.717. The first-order valence-electron chi connectivity index (χ1n) is 7.77. The molecule has 1 saturated heterocycles. The van der Waals surface area contributed by atoms with E-state index in [-0.39, 0.29) is 13.1 Å². The summed E-state index contributed by atoms with van der Waals surface area (Å²) in [6.45, 7) is 3.43. The lowest BCUT2D eigenvalue weighted by Gasteiger charge is -2.17. The second-order valence-corrected chi connectivity index (χ2v) is 5.58. The summed E-state index contributed by atoms with van der Waals surface area (Å²) >= 11 is 0. The number of carbonyl (C=O) groups is 4. The zero-order chi connectivity index (χ0) is 16.8. The maximum Gasteiger partial charge on any atom is 0.334 e. The Labute approximate surface area is 135 Å². The number of rotatable bonds is 7. The fraction of sp³-hybridized carbons (Fsp3) is 0.500. The quantitative estimate of drug-likeness (QED) is 0.430. The molecular weight excluding hydrogens is 298 g/mol. The number of carbonyl (C=O) groups excluding carboxylic acids is 4. The average Bonchev–Trinajstić information content (AvgIpc) is 2.76. The van der Waals surface area contributed by atoms with E-state index < -0.39 is 30.3 Å². The van der Waals surface area contributed by atoms with Crippen LogP contribution in [0.3, 0.4) is 0 Å². The van der Waals surface area contributed by atoms with Crippen molar-refractivity contribution in [3.05, 3.63) is 24.3 Å². The first-order chi connectivity index (χ1) is 11.0. The minimum Gasteiger partial charge on any atom is -0.351 e. The van der Waals surface area contributed by atoms with Crippen molar-refractivity contribution in [2.75, 3.05) is 19.6 Å². The first-order valence-corrected chi connectivity index (χ1v) is 7.77. The second-order valence-electron chi connectivity index (χ2n) is 5.58. The molecule has 5 amide bonds. The molecule has 1 aliphatic carbocycles. The Bertz CT molecular complexity index is 568. The Hall–Kier alpha value is -2.44. The zero-order valence-corrected chi connectivity index (χ0v) is 13.0. The fourth-order valence-corrected chi connectivity index (χ4v) is 2.66. The third kappa shape index (κ3) is 4.06. The standard InChI is InChI=1S/C16H21N3O4/c1-2-9-17-13(20)11-19-15(22)14(21)18(16(19)23)10-8-12-6-4-3-5-7-12/h2,6H,1,3-5,7-11H2,(H,17,20). The third-order valence-electron chi connectivity index (χ3n) is 3.92. The van der Waals surface area contributed by atoms with Gasteiger partial charge < -0.3 is 5.32 Å². The molecule has 7 nitrogen and oxygen atoms in total. The van der Waals surface area contributed by atoms with Gasteiger partial charge in [-0.2, -0.15) is 0 Å². The third-order valence-corrected chi connectivity index (χ3v) is 3.92. The van der Waals surface area contributed by atoms with E-state index in [1.807, 2.05) is 0 Å². The highest BCUT2D eigenvalue weighted by Crippen LogP contribution is 2.21. The predicted octanol–water partition coefficient (Wildman–Crippen LogP) is 0.970. The summed E-state index contributed by atoms with van der Waals surface area (Å²) in [5.41, 5.74) is 1.21. The highest BCUT2D eigenvalue weighted by molar-refractivity contribution is 6.45. The molecule has 0 saturated carbocycles. The normalized spacial score (nSPS) is 18.3. The highest BCUT2D eigenvalue weighted by Gasteiger charge is 2.44. The second kappa shape index (κ2) is 7.71. The molecule has 2 aliphatic rings. The molecule has 0 spiro atoms. The topological polar surface area (TPSA) is 86.8 Å². The number of nitrogens with zero attached hydrogens (tertiary/aromatic N) is 2. The van der Waals surface area contributed by atoms with Crippen LogP contribution in [0.4, 0.5) is 4.79 Å². The number of urea groups is 1. The number of amides is 5. The summed E-state index contributed by atoms with van der Waals surface area (Å²) in [5, 5.41) is 2.47. The van der Waals surface area contributed by atoms with Crippen molar-refractivity contribution >= 4 is 23.8 Å². The molecule has 1 aliphatic heterocycles. The fourth-order valence-electron chi connectivity index (χ4n) is 2.66. The predicted molar refractivity (Wildman–Crippen MR) is 83.2 cm³/mol. The van der Waals surface area contributed by atoms with Crippen molar-refractivity contribution in [2.24, 2.45) is 0 Å². The van der Waals surface area contributed by atoms with Crippen LogP contribution in [0.2, 0.25) is 0 Å². The largest absolute Gasteiger partial charge is 0.351 e. The molecule has 23 heavy (non-hydrogen) atoms. The maximum absolute atomic E-state index is 12.2. The summed E-state index contributed by atoms with van der Waals surface area (Å²) < 4.78 is 0. The summed E-state index contributed by atoms with van der Waals surface area (Å²) in [6.07, 6.45) is 8.47. The minimum absolute atomic E-state index is 0.181. The molecule has 1 heterocycles. The number of hydrogen-bond donors (Lipinski definition) is 1. The van der Waals surface area contributed by atoms with E-state index in [0.717, 1.165) is 30.6 Å². The Morgan fingerprint density at radius 1 is 1.22 bits per heavy atom. The Morgan fingerprint density at radius 3 is 2.61 bits per heavy atom. The SMILES string of the molecule is C=CCNC(=O)CN1C(=O)C(=O)N(CCC2=CCCCC2)C1=O. The van der Waals surface area contributed by atoms with Gasteiger partial charge in [-0.3, -0.25) is 19.3 Å². The summed E-state index contributed by atoms with van der Waals surface area (Å²) in [4.78, 5) is 49.3. The van der Waals surface area contributed by atoms with E-state index in [1.54, 1.807) is 0 Å². The Kier molecular flexibility index (Phi) is 5.67. The van der Waals surface area contributed by atoms with Crippen LogP contribution in [-0.2, 0) is 14.4 Å². The van der Waals surface area contributed by atoms with Crippen molar-refractivity contribution in [3.63, 3.8) is 0 Å². The smallest absolute Gasteiger partial charge is 0.334 e. The Morgan fingerprint density at radius 2 is 1.96 bits per heavy atom. The van der Waals surface area contributed by atoms with Crippen LogP contribution in [0, 0.1) is 0 Å². The monoisotopic (exact) mass is 319 g/mol. The molecular formula is C16H21N3O4. The number of allylic oxidation sites excluding steroid dienone is 1. The first kappa shape index (κ1) is 16.9. The van der Waals surface area contributed by atoms with Crippen LogP contribution in [0.5, 0.6) is 0 Å². The van der Waals surface area contributed by atoms with Crippen LogP contribution >= 0.6 is 0 Å². The number of hydrogen-bond acceptors (Lipinski definition) is 4. The van der Waals surface area contributed by atoms with Crippen LogP contribution in [0.25, 0.3) is 0 Å². The average molecular weight is 319 g/mol. The van der Waals surface area contributed by atoms with Gasteiger partial charge in [0.25, 0.3) is 0 Å². The maximum atomic E-state index is 12.2. The van der Waals surface area contributed by atoms with E-state index in [1.165, 1.54) is 11.6 Å². The molecule has 0 unspecified atom stereocenters. The van der Waals surface area contributed by atoms with E-state index in [0.29, 0.717) is 11.3 Å². The minimum atomic E-state index is -0.943. The van der Waals surface area contributed by atoms with Gasteiger partial charge in [-0.25, -0.2) is 9.69 Å². The Balaban J connectivity index is 1.94. The van der Waals surface area contributed by atoms with Gasteiger partial charge in [0, 0.05) is 13.1 Å². The van der Waals surface area contributed by atoms with E-state index in [9.17, 15) is 19.2 Å². The van der Waals surface area contributed by atoms with Crippen molar-refractivity contribution in [1.82, 2.24) is 15.1 Å². The van der Waals surface area contributed by atoms with Gasteiger partial charge >= 0.3 is 17.8 Å². The molecule has 7 heteroatoms. The van der Waals surface area contributed by atoms with Gasteiger partial charge in [-0.1, -0.05) is 17.7 Å². The molecule has 0 aromatic heterocycles. The molecule has 0 aromatic carbocycles. The highest BCUT2D eigenvalue weighted by atomic mass is 16.2. The van der Waals surface area contributed by atoms with Gasteiger partial charge in [0.15, 0.2) is 0 Å². The molecule has 0 radical (unpaired) electrons. The molecule has 1 N–H and O–H groups in total. The molecule has 2 rings (SSSR count). The number of nitrogens with one attached hydrogen (secondary N) is 1. The lowest BCUT2D eigenvalue weighted by molar-refractivity contribution is -0.144. The van der Waals surface area contributed by atoms with E-state index in [2.05, 4.69) is 18.0 Å². The van der Waals surface area contributed by atoms with E-state index in [4.69, 9.17) is 0 Å². The van der Waals surface area contributed by atoms with Gasteiger partial charge in [0.2, 0.25) is 5.91 Å². The summed E-state index contributed by atoms with van der Waals surface area (Å²) in [5.74, 6) is -2.31. The lowest BCUT2D eigenvalue weighted by Crippen LogP contribution is -2.41. The molecule has 124 valence electrons. The van der Waals surface area contributed by atoms with Crippen LogP contribution < -0.4 is 5.32 Å². The van der Waals surface area contributed by atoms with Gasteiger partial charge in [0.1, 0.15) is 6.54 Å². The molecule has 0 bridgehead atoms. The molecule has 0 aromatic rings. The van der Waals surface area contributed by atoms with Crippen molar-refractivity contribution in [3.8, 4) is 0 Å². The van der Waals surface area contributed by atoms with E-state index >= 15 is 0 Å². The van der Waals surface area contributed by atoms with Gasteiger partial charge in [0.05, 0.1) is 0 Å². The van der Waals surface area contributed by atoms with Crippen LogP contribution in [0.1, 0.15) is 32.1 Å². The van der Waals surface area contributed by atoms with Crippen molar-refractivity contribution in [1.29, 1.82) is 0 Å². The van der Waals surface area contributed by atoms with Crippen molar-refractivity contribution < 1.29 is 19.2 Å². The zero-order valence-electron chi connectivity index (χ0n) is 13.0. The molecule has 1 fully saturated rings. The van der Waals surface area contributed by atoms with Crippen LogP contribution in [0.15, 0.2) is 24.3 Å². The van der Waals surface area contributed by atoms with Gasteiger partial charge in [-0.15, -0.1) is 6.58 Å².